The molecule has 1 atom stereocenters. The van der Waals surface area contributed by atoms with E-state index in [9.17, 15) is 9.18 Å². The number of hydrogen-bond acceptors (Lipinski definition) is 7. The lowest BCUT2D eigenvalue weighted by Gasteiger charge is -2.15. The van der Waals surface area contributed by atoms with E-state index in [0.29, 0.717) is 25.5 Å². The first-order valence-corrected chi connectivity index (χ1v) is 13.0. The van der Waals surface area contributed by atoms with E-state index < -0.39 is 23.0 Å². The Morgan fingerprint density at radius 1 is 1.02 bits per heavy atom. The van der Waals surface area contributed by atoms with E-state index in [-0.39, 0.29) is 63.9 Å². The molecule has 13 heteroatoms. The second-order valence-corrected chi connectivity index (χ2v) is 9.83. The van der Waals surface area contributed by atoms with Gasteiger partial charge in [0.15, 0.2) is 0 Å². The lowest BCUT2D eigenvalue weighted by molar-refractivity contribution is 0.186. The number of rotatable bonds is 8. The molecular formula is C28H21ClF3N5O4. The van der Waals surface area contributed by atoms with Gasteiger partial charge in [0.1, 0.15) is 29.9 Å². The van der Waals surface area contributed by atoms with Crippen LogP contribution in [0.25, 0.3) is 22.8 Å². The molecule has 1 aliphatic heterocycles. The minimum absolute atomic E-state index is 0.0477. The van der Waals surface area contributed by atoms with Crippen molar-refractivity contribution in [3.63, 3.8) is 0 Å². The molecule has 0 radical (unpaired) electrons. The van der Waals surface area contributed by atoms with Crippen molar-refractivity contribution in [2.75, 3.05) is 13.2 Å². The Labute approximate surface area is 235 Å². The summed E-state index contributed by atoms with van der Waals surface area (Å²) in [6.07, 6.45) is 0.571. The molecule has 3 aromatic heterocycles. The van der Waals surface area contributed by atoms with Gasteiger partial charge in [-0.25, -0.2) is 18.2 Å². The number of nitrogens with zero attached hydrogens (tertiary/aromatic N) is 4. The van der Waals surface area contributed by atoms with Gasteiger partial charge in [-0.1, -0.05) is 23.7 Å². The molecule has 1 saturated heterocycles. The van der Waals surface area contributed by atoms with Crippen molar-refractivity contribution in [3.8, 4) is 28.7 Å². The summed E-state index contributed by atoms with van der Waals surface area (Å²) >= 11 is 5.78. The second-order valence-electron chi connectivity index (χ2n) is 9.39. The largest absolute Gasteiger partial charge is 0.473 e. The zero-order valence-electron chi connectivity index (χ0n) is 21.2. The average molecular weight is 584 g/mol. The van der Waals surface area contributed by atoms with Crippen LogP contribution in [0.15, 0.2) is 63.9 Å². The summed E-state index contributed by atoms with van der Waals surface area (Å²) in [7, 11) is 0. The quantitative estimate of drug-likeness (QED) is 0.257. The maximum absolute atomic E-state index is 15.4. The summed E-state index contributed by atoms with van der Waals surface area (Å²) in [5.41, 5.74) is -0.0657. The summed E-state index contributed by atoms with van der Waals surface area (Å²) in [4.78, 5) is 15.9. The van der Waals surface area contributed by atoms with E-state index in [1.165, 1.54) is 36.4 Å². The molecule has 0 aliphatic carbocycles. The molecule has 1 fully saturated rings. The Bertz CT molecular complexity index is 1780. The van der Waals surface area contributed by atoms with Crippen molar-refractivity contribution in [1.82, 2.24) is 24.9 Å². The predicted octanol–water partition coefficient (Wildman–Crippen LogP) is 5.49. The van der Waals surface area contributed by atoms with Crippen molar-refractivity contribution in [2.24, 2.45) is 0 Å². The first-order chi connectivity index (χ1) is 19.9. The van der Waals surface area contributed by atoms with E-state index in [1.54, 1.807) is 10.6 Å². The summed E-state index contributed by atoms with van der Waals surface area (Å²) in [5, 5.41) is 10.8. The van der Waals surface area contributed by atoms with E-state index in [0.717, 1.165) is 12.1 Å². The molecule has 41 heavy (non-hydrogen) atoms. The number of ether oxygens (including phenoxy) is 2. The molecule has 6 rings (SSSR count). The van der Waals surface area contributed by atoms with Crippen molar-refractivity contribution < 1.29 is 27.2 Å². The highest BCUT2D eigenvalue weighted by Gasteiger charge is 2.28. The van der Waals surface area contributed by atoms with Crippen molar-refractivity contribution >= 4 is 11.6 Å². The lowest BCUT2D eigenvalue weighted by atomic mass is 10.0. The number of H-pyrrole nitrogens is 1. The SMILES string of the molecule is O=c1cc(-c2nnc(Cc3cc(F)c(-c4cccc(OCc5ccc(Cl)cc5F)n4)cc3F)n2[C@H]2CCOC2)o[nH]1. The molecule has 0 spiro atoms. The van der Waals surface area contributed by atoms with Crippen LogP contribution in [0.2, 0.25) is 5.02 Å². The number of hydrogen-bond donors (Lipinski definition) is 1. The topological polar surface area (TPSA) is 108 Å². The normalized spacial score (nSPS) is 15.0. The number of pyridine rings is 1. The molecule has 1 N–H and O–H groups in total. The van der Waals surface area contributed by atoms with Crippen molar-refractivity contribution in [3.05, 3.63) is 104 Å². The first kappa shape index (κ1) is 26.8. The highest BCUT2D eigenvalue weighted by Crippen LogP contribution is 2.31. The third kappa shape index (κ3) is 5.61. The minimum Gasteiger partial charge on any atom is -0.473 e. The number of aromatic nitrogens is 5. The molecular weight excluding hydrogens is 563 g/mol. The number of aromatic amines is 1. The van der Waals surface area contributed by atoms with E-state index in [4.69, 9.17) is 25.6 Å². The van der Waals surface area contributed by atoms with Gasteiger partial charge < -0.3 is 18.6 Å². The van der Waals surface area contributed by atoms with Crippen LogP contribution >= 0.6 is 11.6 Å². The van der Waals surface area contributed by atoms with Crippen LogP contribution in [0.3, 0.4) is 0 Å². The molecule has 0 saturated carbocycles. The lowest BCUT2D eigenvalue weighted by Crippen LogP contribution is -2.14. The summed E-state index contributed by atoms with van der Waals surface area (Å²) in [6, 6.07) is 12.0. The highest BCUT2D eigenvalue weighted by molar-refractivity contribution is 6.30. The van der Waals surface area contributed by atoms with Gasteiger partial charge >= 0.3 is 0 Å². The summed E-state index contributed by atoms with van der Waals surface area (Å²) < 4.78 is 62.8. The van der Waals surface area contributed by atoms with Crippen LogP contribution in [0.4, 0.5) is 13.2 Å². The molecule has 0 amide bonds. The van der Waals surface area contributed by atoms with E-state index in [2.05, 4.69) is 20.3 Å². The van der Waals surface area contributed by atoms with Crippen LogP contribution in [0.1, 0.15) is 29.4 Å². The van der Waals surface area contributed by atoms with Crippen molar-refractivity contribution in [2.45, 2.75) is 25.5 Å². The molecule has 4 heterocycles. The number of benzene rings is 2. The predicted molar refractivity (Wildman–Crippen MR) is 141 cm³/mol. The summed E-state index contributed by atoms with van der Waals surface area (Å²) in [6.45, 7) is 0.758. The highest BCUT2D eigenvalue weighted by atomic mass is 35.5. The standard InChI is InChI=1S/C28H21ClF3N5O4/c29-17-5-4-15(20(30)10-17)13-40-27-3-1-2-23(33-27)19-11-21(31)16(8-22(19)32)9-25-34-35-28(24-12-26(38)36-41-24)37(25)18-6-7-39-14-18/h1-5,8,10-12,18H,6-7,9,13-14H2,(H,36,38)/t18-/m0/s1. The third-order valence-electron chi connectivity index (χ3n) is 6.66. The molecule has 5 aromatic rings. The van der Waals surface area contributed by atoms with Crippen molar-refractivity contribution in [1.29, 1.82) is 0 Å². The van der Waals surface area contributed by atoms with Crippen LogP contribution in [-0.2, 0) is 17.8 Å². The molecule has 9 nitrogen and oxygen atoms in total. The molecule has 1 aliphatic rings. The minimum atomic E-state index is -0.707. The maximum Gasteiger partial charge on any atom is 0.280 e. The Morgan fingerprint density at radius 2 is 1.88 bits per heavy atom. The molecule has 210 valence electrons. The zero-order chi connectivity index (χ0) is 28.5. The molecule has 0 unspecified atom stereocenters. The first-order valence-electron chi connectivity index (χ1n) is 12.6. The van der Waals surface area contributed by atoms with Crippen LogP contribution in [0, 0.1) is 17.5 Å². The summed E-state index contributed by atoms with van der Waals surface area (Å²) in [5.74, 6) is -0.990. The van der Waals surface area contributed by atoms with Gasteiger partial charge in [0.25, 0.3) is 5.56 Å². The van der Waals surface area contributed by atoms with Crippen LogP contribution in [-0.4, -0.2) is 38.1 Å². The van der Waals surface area contributed by atoms with E-state index in [1.807, 2.05) is 0 Å². The van der Waals surface area contributed by atoms with Gasteiger partial charge in [0.2, 0.25) is 17.5 Å². The Hall–Kier alpha value is -4.42. The van der Waals surface area contributed by atoms with E-state index >= 15 is 8.78 Å². The van der Waals surface area contributed by atoms with Gasteiger partial charge in [0.05, 0.1) is 24.4 Å². The molecule has 2 aromatic carbocycles. The number of nitrogens with one attached hydrogen (secondary N) is 1. The van der Waals surface area contributed by atoms with Crippen LogP contribution < -0.4 is 10.3 Å². The smallest absolute Gasteiger partial charge is 0.280 e. The third-order valence-corrected chi connectivity index (χ3v) is 6.89. The van der Waals surface area contributed by atoms with Gasteiger partial charge in [-0.3, -0.25) is 4.79 Å². The van der Waals surface area contributed by atoms with Crippen LogP contribution in [0.5, 0.6) is 5.88 Å². The molecule has 0 bridgehead atoms. The van der Waals surface area contributed by atoms with Gasteiger partial charge in [-0.2, -0.15) is 5.16 Å². The fraction of sp³-hybridized carbons (Fsp3) is 0.214. The zero-order valence-corrected chi connectivity index (χ0v) is 22.0. The van der Waals surface area contributed by atoms with Gasteiger partial charge in [-0.15, -0.1) is 10.2 Å². The maximum atomic E-state index is 15.4. The average Bonchev–Trinajstić information content (AvgIpc) is 3.71. The Kier molecular flexibility index (Phi) is 7.33. The fourth-order valence-corrected chi connectivity index (χ4v) is 4.80. The second kappa shape index (κ2) is 11.2. The van der Waals surface area contributed by atoms with Gasteiger partial charge in [-0.05, 0) is 42.3 Å². The monoisotopic (exact) mass is 583 g/mol. The number of halogens is 4. The fourth-order valence-electron chi connectivity index (χ4n) is 4.64. The Balaban J connectivity index is 1.26. The Morgan fingerprint density at radius 3 is 2.63 bits per heavy atom. The van der Waals surface area contributed by atoms with Gasteiger partial charge in [0, 0.05) is 35.2 Å².